The van der Waals surface area contributed by atoms with Gasteiger partial charge in [0.1, 0.15) is 5.01 Å². The van der Waals surface area contributed by atoms with Crippen LogP contribution in [0.25, 0.3) is 10.6 Å². The van der Waals surface area contributed by atoms with Crippen LogP contribution in [0.2, 0.25) is 0 Å². The number of thiazole rings is 1. The smallest absolute Gasteiger partial charge is 0.416 e. The Morgan fingerprint density at radius 1 is 1.07 bits per heavy atom. The summed E-state index contributed by atoms with van der Waals surface area (Å²) in [6.07, 6.45) is -4.33. The Labute approximate surface area is 174 Å². The highest BCUT2D eigenvalue weighted by molar-refractivity contribution is 7.13. The summed E-state index contributed by atoms with van der Waals surface area (Å²) in [7, 11) is 1.30. The third kappa shape index (κ3) is 5.44. The summed E-state index contributed by atoms with van der Waals surface area (Å²) in [6, 6.07) is 11.4. The predicted molar refractivity (Wildman–Crippen MR) is 106 cm³/mol. The average molecular weight is 434 g/mol. The summed E-state index contributed by atoms with van der Waals surface area (Å²) < 4.78 is 42.6. The maximum atomic E-state index is 12.7. The lowest BCUT2D eigenvalue weighted by Gasteiger charge is -2.06. The summed E-state index contributed by atoms with van der Waals surface area (Å²) in [5.41, 5.74) is 1.62. The van der Waals surface area contributed by atoms with Crippen molar-refractivity contribution in [2.75, 3.05) is 7.11 Å². The lowest BCUT2D eigenvalue weighted by molar-refractivity contribution is -0.137. The Morgan fingerprint density at radius 3 is 2.33 bits per heavy atom. The van der Waals surface area contributed by atoms with Crippen LogP contribution in [0.3, 0.4) is 0 Å². The van der Waals surface area contributed by atoms with E-state index in [1.807, 2.05) is 0 Å². The molecule has 1 amide bonds. The van der Waals surface area contributed by atoms with Gasteiger partial charge in [0, 0.05) is 17.5 Å². The van der Waals surface area contributed by atoms with Gasteiger partial charge >= 0.3 is 12.1 Å². The van der Waals surface area contributed by atoms with Crippen LogP contribution in [-0.2, 0) is 28.7 Å². The molecule has 156 valence electrons. The lowest BCUT2D eigenvalue weighted by atomic mass is 10.1. The predicted octanol–water partition coefficient (Wildman–Crippen LogP) is 4.47. The molecule has 0 radical (unpaired) electrons. The fourth-order valence-corrected chi connectivity index (χ4v) is 3.45. The topological polar surface area (TPSA) is 68.3 Å². The van der Waals surface area contributed by atoms with Gasteiger partial charge in [-0.1, -0.05) is 24.3 Å². The van der Waals surface area contributed by atoms with E-state index in [0.29, 0.717) is 21.8 Å². The van der Waals surface area contributed by atoms with Crippen molar-refractivity contribution in [2.45, 2.75) is 19.1 Å². The van der Waals surface area contributed by atoms with Crippen molar-refractivity contribution in [2.24, 2.45) is 0 Å². The van der Waals surface area contributed by atoms with Crippen LogP contribution < -0.4 is 5.32 Å². The van der Waals surface area contributed by atoms with Gasteiger partial charge in [0.05, 0.1) is 30.4 Å². The van der Waals surface area contributed by atoms with Crippen molar-refractivity contribution in [3.8, 4) is 10.6 Å². The molecule has 0 unspecified atom stereocenters. The number of alkyl halides is 3. The molecule has 3 aromatic rings. The summed E-state index contributed by atoms with van der Waals surface area (Å²) in [5.74, 6) is -0.672. The van der Waals surface area contributed by atoms with Crippen molar-refractivity contribution in [3.63, 3.8) is 0 Å². The summed E-state index contributed by atoms with van der Waals surface area (Å²) in [6.45, 7) is 0.288. The number of ether oxygens (including phenoxy) is 1. The van der Waals surface area contributed by atoms with Crippen molar-refractivity contribution >= 4 is 23.2 Å². The van der Waals surface area contributed by atoms with Gasteiger partial charge in [-0.15, -0.1) is 11.3 Å². The number of benzene rings is 2. The molecule has 0 aliphatic heterocycles. The molecular formula is C21H17F3N2O3S. The molecule has 9 heteroatoms. The van der Waals surface area contributed by atoms with Crippen molar-refractivity contribution in [1.82, 2.24) is 10.3 Å². The number of hydrogen-bond donors (Lipinski definition) is 1. The van der Waals surface area contributed by atoms with Gasteiger partial charge in [-0.2, -0.15) is 13.2 Å². The number of methoxy groups -OCH3 is 1. The minimum atomic E-state index is -4.38. The Morgan fingerprint density at radius 2 is 1.73 bits per heavy atom. The van der Waals surface area contributed by atoms with E-state index in [-0.39, 0.29) is 18.9 Å². The fraction of sp³-hybridized carbons (Fsp3) is 0.190. The Balaban J connectivity index is 1.55. The first-order valence-corrected chi connectivity index (χ1v) is 9.70. The van der Waals surface area contributed by atoms with Gasteiger partial charge in [0.2, 0.25) is 5.91 Å². The Kier molecular flexibility index (Phi) is 6.51. The first-order chi connectivity index (χ1) is 14.3. The van der Waals surface area contributed by atoms with Crippen molar-refractivity contribution < 1.29 is 27.5 Å². The average Bonchev–Trinajstić information content (AvgIpc) is 3.20. The first-order valence-electron chi connectivity index (χ1n) is 8.82. The summed E-state index contributed by atoms with van der Waals surface area (Å²) in [4.78, 5) is 27.9. The zero-order valence-electron chi connectivity index (χ0n) is 15.8. The van der Waals surface area contributed by atoms with Crippen LogP contribution in [0.4, 0.5) is 13.2 Å². The van der Waals surface area contributed by atoms with Gasteiger partial charge in [-0.3, -0.25) is 4.79 Å². The second-order valence-electron chi connectivity index (χ2n) is 6.36. The van der Waals surface area contributed by atoms with Crippen molar-refractivity contribution in [3.05, 3.63) is 76.3 Å². The van der Waals surface area contributed by atoms with E-state index in [9.17, 15) is 22.8 Å². The standard InChI is InChI=1S/C21H17F3N2O3S/c1-29-20(28)15-4-2-13(3-5-15)11-25-18(27)10-17-12-30-19(26-17)14-6-8-16(9-7-14)21(22,23)24/h2-9,12H,10-11H2,1H3,(H,25,27). The highest BCUT2D eigenvalue weighted by Crippen LogP contribution is 2.31. The molecule has 5 nitrogen and oxygen atoms in total. The molecule has 0 aliphatic carbocycles. The molecule has 1 N–H and O–H groups in total. The molecule has 0 fully saturated rings. The van der Waals surface area contributed by atoms with E-state index in [1.165, 1.54) is 30.6 Å². The molecule has 30 heavy (non-hydrogen) atoms. The third-order valence-electron chi connectivity index (χ3n) is 4.22. The largest absolute Gasteiger partial charge is 0.465 e. The van der Waals surface area contributed by atoms with Crippen LogP contribution in [0.15, 0.2) is 53.9 Å². The second kappa shape index (κ2) is 9.08. The number of carbonyl (C=O) groups is 2. The van der Waals surface area contributed by atoms with E-state index >= 15 is 0 Å². The molecule has 3 rings (SSSR count). The van der Waals surface area contributed by atoms with E-state index in [4.69, 9.17) is 0 Å². The van der Waals surface area contributed by atoms with E-state index < -0.39 is 17.7 Å². The molecule has 0 saturated carbocycles. The van der Waals surface area contributed by atoms with E-state index in [0.717, 1.165) is 17.7 Å². The maximum Gasteiger partial charge on any atom is 0.416 e. The Bertz CT molecular complexity index is 1030. The van der Waals surface area contributed by atoms with Gasteiger partial charge in [-0.05, 0) is 29.8 Å². The second-order valence-corrected chi connectivity index (χ2v) is 7.22. The zero-order valence-corrected chi connectivity index (χ0v) is 16.6. The minimum Gasteiger partial charge on any atom is -0.465 e. The highest BCUT2D eigenvalue weighted by atomic mass is 32.1. The SMILES string of the molecule is COC(=O)c1ccc(CNC(=O)Cc2csc(-c3ccc(C(F)(F)F)cc3)n2)cc1. The van der Waals surface area contributed by atoms with Crippen molar-refractivity contribution in [1.29, 1.82) is 0 Å². The number of esters is 1. The number of halogens is 3. The number of carbonyl (C=O) groups excluding carboxylic acids is 2. The number of nitrogens with one attached hydrogen (secondary N) is 1. The Hall–Kier alpha value is -3.20. The molecule has 0 atom stereocenters. The molecule has 0 bridgehead atoms. The molecule has 0 saturated heterocycles. The van der Waals surface area contributed by atoms with E-state index in [1.54, 1.807) is 29.6 Å². The fourth-order valence-electron chi connectivity index (χ4n) is 2.63. The van der Waals surface area contributed by atoms with Crippen LogP contribution in [0.1, 0.15) is 27.2 Å². The number of amides is 1. The van der Waals surface area contributed by atoms with Crippen LogP contribution in [0, 0.1) is 0 Å². The monoisotopic (exact) mass is 434 g/mol. The van der Waals surface area contributed by atoms with Gasteiger partial charge in [0.15, 0.2) is 0 Å². The molecule has 1 heterocycles. The van der Waals surface area contributed by atoms with Crippen LogP contribution in [-0.4, -0.2) is 24.0 Å². The number of nitrogens with zero attached hydrogens (tertiary/aromatic N) is 1. The normalized spacial score (nSPS) is 11.2. The van der Waals surface area contributed by atoms with Gasteiger partial charge in [0.25, 0.3) is 0 Å². The third-order valence-corrected chi connectivity index (χ3v) is 5.16. The molecule has 1 aromatic heterocycles. The van der Waals surface area contributed by atoms with E-state index in [2.05, 4.69) is 15.0 Å². The highest BCUT2D eigenvalue weighted by Gasteiger charge is 2.30. The van der Waals surface area contributed by atoms with Crippen LogP contribution in [0.5, 0.6) is 0 Å². The number of rotatable bonds is 6. The quantitative estimate of drug-likeness (QED) is 0.581. The minimum absolute atomic E-state index is 0.0530. The molecular weight excluding hydrogens is 417 g/mol. The molecule has 2 aromatic carbocycles. The molecule has 0 spiro atoms. The lowest BCUT2D eigenvalue weighted by Crippen LogP contribution is -2.24. The van der Waals surface area contributed by atoms with Gasteiger partial charge in [-0.25, -0.2) is 9.78 Å². The summed E-state index contributed by atoms with van der Waals surface area (Å²) >= 11 is 1.26. The van der Waals surface area contributed by atoms with Gasteiger partial charge < -0.3 is 10.1 Å². The molecule has 0 aliphatic rings. The number of hydrogen-bond acceptors (Lipinski definition) is 5. The first kappa shape index (κ1) is 21.5. The van der Waals surface area contributed by atoms with Crippen LogP contribution >= 0.6 is 11.3 Å². The summed E-state index contributed by atoms with van der Waals surface area (Å²) in [5, 5.41) is 5.02. The zero-order chi connectivity index (χ0) is 21.7. The number of aromatic nitrogens is 1. The maximum absolute atomic E-state index is 12.7.